The molecule has 86 valence electrons. The predicted octanol–water partition coefficient (Wildman–Crippen LogP) is 4.29. The monoisotopic (exact) mass is 270 g/mol. The van der Waals surface area contributed by atoms with Gasteiger partial charge in [-0.05, 0) is 24.5 Å². The molecule has 0 radical (unpaired) electrons. The largest absolute Gasteiger partial charge is 0.508 e. The van der Waals surface area contributed by atoms with Crippen LogP contribution in [0.4, 0.5) is 0 Å². The van der Waals surface area contributed by atoms with Crippen molar-refractivity contribution in [2.24, 2.45) is 0 Å². The summed E-state index contributed by atoms with van der Waals surface area (Å²) in [6.45, 7) is 2.24. The van der Waals surface area contributed by atoms with E-state index < -0.39 is 0 Å². The molecule has 1 rings (SSSR count). The number of aryl methyl sites for hydroxylation is 1. The van der Waals surface area contributed by atoms with Crippen molar-refractivity contribution in [3.05, 3.63) is 29.8 Å². The first kappa shape index (κ1) is 15.6. The van der Waals surface area contributed by atoms with E-state index in [0.29, 0.717) is 5.75 Å². The second-order valence-corrected chi connectivity index (χ2v) is 4.15. The number of aromatic hydroxyl groups is 1. The molecule has 0 aliphatic rings. The van der Waals surface area contributed by atoms with E-state index in [1.165, 1.54) is 38.5 Å². The Kier molecular flexibility index (Phi) is 9.62. The summed E-state index contributed by atoms with van der Waals surface area (Å²) < 4.78 is 0. The molecule has 0 unspecified atom stereocenters. The average molecular weight is 272 g/mol. The van der Waals surface area contributed by atoms with Gasteiger partial charge < -0.3 is 5.11 Å². The normalized spacial score (nSPS) is 9.81. The van der Waals surface area contributed by atoms with Crippen LogP contribution in [0, 0.1) is 0 Å². The fourth-order valence-corrected chi connectivity index (χ4v) is 1.82. The molecule has 1 aromatic rings. The van der Waals surface area contributed by atoms with Gasteiger partial charge in [-0.25, -0.2) is 0 Å². The minimum Gasteiger partial charge on any atom is -0.508 e. The molecule has 0 fully saturated rings. The molecule has 0 saturated carbocycles. The standard InChI is InChI=1S/C14H22O.Zn/c1-2-3-4-5-6-7-10-13-11-8-9-12-14(13)15;/h8-9,11-12,15H,2-7,10H2,1H3;. The third-order valence-corrected chi connectivity index (χ3v) is 2.79. The third kappa shape index (κ3) is 6.27. The van der Waals surface area contributed by atoms with Gasteiger partial charge in [-0.1, -0.05) is 57.2 Å². The second kappa shape index (κ2) is 9.84. The van der Waals surface area contributed by atoms with Crippen LogP contribution in [0.2, 0.25) is 0 Å². The molecule has 2 heteroatoms. The fourth-order valence-electron chi connectivity index (χ4n) is 1.82. The molecule has 0 aliphatic heterocycles. The van der Waals surface area contributed by atoms with E-state index in [1.54, 1.807) is 6.07 Å². The molecule has 0 aliphatic carbocycles. The number of hydrogen-bond donors (Lipinski definition) is 1. The molecule has 0 amide bonds. The molecule has 0 saturated heterocycles. The second-order valence-electron chi connectivity index (χ2n) is 4.15. The Morgan fingerprint density at radius 3 is 2.25 bits per heavy atom. The number of rotatable bonds is 7. The summed E-state index contributed by atoms with van der Waals surface area (Å²) in [5.41, 5.74) is 1.09. The van der Waals surface area contributed by atoms with Gasteiger partial charge in [0, 0.05) is 19.5 Å². The molecular formula is C14H22OZn. The topological polar surface area (TPSA) is 20.2 Å². The average Bonchev–Trinajstić information content (AvgIpc) is 2.25. The Labute approximate surface area is 112 Å². The van der Waals surface area contributed by atoms with Crippen LogP contribution in [-0.2, 0) is 25.9 Å². The predicted molar refractivity (Wildman–Crippen MR) is 65.2 cm³/mol. The number of hydrogen-bond acceptors (Lipinski definition) is 1. The Morgan fingerprint density at radius 1 is 0.938 bits per heavy atom. The summed E-state index contributed by atoms with van der Waals surface area (Å²) in [5.74, 6) is 0.450. The van der Waals surface area contributed by atoms with E-state index in [4.69, 9.17) is 0 Å². The van der Waals surface area contributed by atoms with Crippen LogP contribution in [0.15, 0.2) is 24.3 Å². The van der Waals surface area contributed by atoms with Crippen LogP contribution in [0.1, 0.15) is 51.0 Å². The molecular weight excluding hydrogens is 250 g/mol. The minimum atomic E-state index is 0. The zero-order valence-electron chi connectivity index (χ0n) is 10.4. The number of phenols is 1. The van der Waals surface area contributed by atoms with Gasteiger partial charge in [-0.3, -0.25) is 0 Å². The van der Waals surface area contributed by atoms with Crippen LogP contribution < -0.4 is 0 Å². The summed E-state index contributed by atoms with van der Waals surface area (Å²) in [6, 6.07) is 7.65. The Hall–Kier alpha value is -0.357. The van der Waals surface area contributed by atoms with Crippen LogP contribution >= 0.6 is 0 Å². The fraction of sp³-hybridized carbons (Fsp3) is 0.571. The van der Waals surface area contributed by atoms with E-state index in [-0.39, 0.29) is 19.5 Å². The molecule has 16 heavy (non-hydrogen) atoms. The Bertz CT molecular complexity index is 273. The quantitative estimate of drug-likeness (QED) is 0.579. The molecule has 1 nitrogen and oxygen atoms in total. The van der Waals surface area contributed by atoms with Crippen molar-refractivity contribution >= 4 is 0 Å². The zero-order chi connectivity index (χ0) is 10.9. The van der Waals surface area contributed by atoms with Crippen molar-refractivity contribution in [2.75, 3.05) is 0 Å². The first-order valence-corrected chi connectivity index (χ1v) is 6.11. The Balaban J connectivity index is 0.00000225. The van der Waals surface area contributed by atoms with Gasteiger partial charge in [0.1, 0.15) is 5.75 Å². The maximum Gasteiger partial charge on any atom is 0.118 e. The van der Waals surface area contributed by atoms with Crippen molar-refractivity contribution in [1.82, 2.24) is 0 Å². The number of benzene rings is 1. The van der Waals surface area contributed by atoms with E-state index >= 15 is 0 Å². The van der Waals surface area contributed by atoms with Crippen LogP contribution in [0.3, 0.4) is 0 Å². The van der Waals surface area contributed by atoms with Gasteiger partial charge in [0.2, 0.25) is 0 Å². The van der Waals surface area contributed by atoms with Crippen molar-refractivity contribution < 1.29 is 24.6 Å². The van der Waals surface area contributed by atoms with Crippen LogP contribution in [0.25, 0.3) is 0 Å². The zero-order valence-corrected chi connectivity index (χ0v) is 13.4. The smallest absolute Gasteiger partial charge is 0.118 e. The summed E-state index contributed by atoms with van der Waals surface area (Å²) in [7, 11) is 0. The number of phenolic OH excluding ortho intramolecular Hbond substituents is 1. The van der Waals surface area contributed by atoms with Crippen molar-refractivity contribution in [3.63, 3.8) is 0 Å². The third-order valence-electron chi connectivity index (χ3n) is 2.79. The van der Waals surface area contributed by atoms with E-state index in [0.717, 1.165) is 12.0 Å². The minimum absolute atomic E-state index is 0. The van der Waals surface area contributed by atoms with Crippen LogP contribution in [0.5, 0.6) is 5.75 Å². The Morgan fingerprint density at radius 2 is 1.56 bits per heavy atom. The van der Waals surface area contributed by atoms with Gasteiger partial charge in [0.25, 0.3) is 0 Å². The van der Waals surface area contributed by atoms with Gasteiger partial charge >= 0.3 is 0 Å². The van der Waals surface area contributed by atoms with E-state index in [2.05, 4.69) is 6.92 Å². The maximum atomic E-state index is 9.55. The van der Waals surface area contributed by atoms with Gasteiger partial charge in [0.15, 0.2) is 0 Å². The summed E-state index contributed by atoms with van der Waals surface area (Å²) in [5, 5.41) is 9.55. The molecule has 0 bridgehead atoms. The summed E-state index contributed by atoms with van der Waals surface area (Å²) in [6.07, 6.45) is 8.85. The van der Waals surface area contributed by atoms with E-state index in [1.807, 2.05) is 18.2 Å². The molecule has 1 N–H and O–H groups in total. The first-order chi connectivity index (χ1) is 7.34. The van der Waals surface area contributed by atoms with Gasteiger partial charge in [-0.2, -0.15) is 0 Å². The molecule has 0 aromatic heterocycles. The molecule has 0 heterocycles. The summed E-state index contributed by atoms with van der Waals surface area (Å²) in [4.78, 5) is 0. The molecule has 0 atom stereocenters. The van der Waals surface area contributed by atoms with Crippen molar-refractivity contribution in [1.29, 1.82) is 0 Å². The first-order valence-electron chi connectivity index (χ1n) is 6.11. The van der Waals surface area contributed by atoms with Gasteiger partial charge in [-0.15, -0.1) is 0 Å². The van der Waals surface area contributed by atoms with Gasteiger partial charge in [0.05, 0.1) is 0 Å². The molecule has 1 aromatic carbocycles. The van der Waals surface area contributed by atoms with Crippen molar-refractivity contribution in [2.45, 2.75) is 51.9 Å². The maximum absolute atomic E-state index is 9.55. The summed E-state index contributed by atoms with van der Waals surface area (Å²) >= 11 is 0. The van der Waals surface area contributed by atoms with E-state index in [9.17, 15) is 5.11 Å². The SMILES string of the molecule is CCCCCCCCc1ccccc1O.[Zn]. The molecule has 0 spiro atoms. The number of unbranched alkanes of at least 4 members (excludes halogenated alkanes) is 5. The number of para-hydroxylation sites is 1. The van der Waals surface area contributed by atoms with Crippen molar-refractivity contribution in [3.8, 4) is 5.75 Å². The van der Waals surface area contributed by atoms with Crippen LogP contribution in [-0.4, -0.2) is 5.11 Å².